The first-order chi connectivity index (χ1) is 18.4. The predicted octanol–water partition coefficient (Wildman–Crippen LogP) is 4.36. The van der Waals surface area contributed by atoms with Gasteiger partial charge in [0, 0.05) is 0 Å². The van der Waals surface area contributed by atoms with Crippen LogP contribution >= 0.6 is 0 Å². The third-order valence-electron chi connectivity index (χ3n) is 6.03. The molecule has 8 bridgehead atoms. The van der Waals surface area contributed by atoms with E-state index in [9.17, 15) is 52.7 Å². The first kappa shape index (κ1) is 27.3. The molecule has 1 aliphatic heterocycles. The molecule has 0 spiro atoms. The summed E-state index contributed by atoms with van der Waals surface area (Å²) in [6, 6.07) is 5.04. The molecule has 212 valence electrons. The summed E-state index contributed by atoms with van der Waals surface area (Å²) in [5.74, 6) is 0. The van der Waals surface area contributed by atoms with E-state index in [1.54, 1.807) is 0 Å². The summed E-state index contributed by atoms with van der Waals surface area (Å²) in [5.41, 5.74) is -10.2. The van der Waals surface area contributed by atoms with Crippen molar-refractivity contribution in [2.24, 2.45) is 0 Å². The second-order valence-electron chi connectivity index (χ2n) is 8.63. The van der Waals surface area contributed by atoms with Crippen LogP contribution in [0, 0.1) is 0 Å². The van der Waals surface area contributed by atoms with Crippen molar-refractivity contribution in [1.82, 2.24) is 19.9 Å². The highest BCUT2D eigenvalue weighted by Crippen LogP contribution is 2.37. The quantitative estimate of drug-likeness (QED) is 0.222. The highest BCUT2D eigenvalue weighted by atomic mass is 19.4. The summed E-state index contributed by atoms with van der Waals surface area (Å²) >= 11 is 0. The molecule has 4 nitrogen and oxygen atoms in total. The topological polar surface area (TPSA) is 63.2 Å². The largest absolute Gasteiger partial charge is 0.420 e. The van der Waals surface area contributed by atoms with Crippen LogP contribution in [-0.2, 0) is 0 Å². The van der Waals surface area contributed by atoms with E-state index in [-0.39, 0.29) is 0 Å². The first-order valence-corrected chi connectivity index (χ1v) is 10.9. The van der Waals surface area contributed by atoms with Gasteiger partial charge in [-0.1, -0.05) is 0 Å². The minimum atomic E-state index is -5.26. The molecule has 0 fully saturated rings. The number of halogens is 12. The molecule has 0 radical (unpaired) electrons. The highest BCUT2D eigenvalue weighted by Gasteiger charge is 2.42. The van der Waals surface area contributed by atoms with Gasteiger partial charge in [-0.15, -0.1) is 0 Å². The molecule has 16 heteroatoms. The Bertz CT molecular complexity index is 1580. The Kier molecular flexibility index (Phi) is 5.90. The van der Waals surface area contributed by atoms with E-state index in [1.165, 1.54) is 0 Å². The van der Waals surface area contributed by atoms with Gasteiger partial charge in [-0.05, 0) is 48.5 Å². The zero-order chi connectivity index (χ0) is 29.4. The SMILES string of the molecule is FC(F)(F)C1=c2ccc([nH]2)=C(C(F)(F)F)c2ccc([nH]2)C(C(F)(F)F)=c2ccc([nH]2)=C(C(F)(F)F)c2ccc1[nH]2. The molecule has 0 aliphatic carbocycles. The van der Waals surface area contributed by atoms with E-state index < -0.39 is 91.2 Å². The maximum Gasteiger partial charge on any atom is 0.420 e. The lowest BCUT2D eigenvalue weighted by Crippen LogP contribution is -2.28. The molecule has 4 aromatic heterocycles. The lowest BCUT2D eigenvalue weighted by molar-refractivity contribution is -0.0709. The van der Waals surface area contributed by atoms with Crippen LogP contribution in [0.2, 0.25) is 0 Å². The molecule has 0 aromatic carbocycles. The van der Waals surface area contributed by atoms with Crippen LogP contribution in [-0.4, -0.2) is 44.6 Å². The smallest absolute Gasteiger partial charge is 0.354 e. The molecule has 1 aliphatic rings. The number of aromatic amines is 4. The van der Waals surface area contributed by atoms with Crippen molar-refractivity contribution in [3.05, 3.63) is 92.7 Å². The molecule has 0 amide bonds. The molecule has 0 saturated heterocycles. The minimum absolute atomic E-state index is 0.630. The number of alkyl halides is 12. The summed E-state index contributed by atoms with van der Waals surface area (Å²) in [4.78, 5) is 7.89. The van der Waals surface area contributed by atoms with E-state index in [2.05, 4.69) is 0 Å². The van der Waals surface area contributed by atoms with Gasteiger partial charge in [-0.25, -0.2) is 0 Å². The van der Waals surface area contributed by atoms with Crippen LogP contribution in [0.15, 0.2) is 48.5 Å². The Balaban J connectivity index is 2.03. The minimum Gasteiger partial charge on any atom is -0.354 e. The fourth-order valence-corrected chi connectivity index (χ4v) is 4.55. The second kappa shape index (κ2) is 8.63. The normalized spacial score (nSPS) is 15.3. The van der Waals surface area contributed by atoms with Crippen LogP contribution in [0.1, 0.15) is 22.8 Å². The zero-order valence-electron chi connectivity index (χ0n) is 19.2. The molecular formula is C24H12F12N4. The van der Waals surface area contributed by atoms with Crippen molar-refractivity contribution >= 4 is 22.3 Å². The molecule has 0 atom stereocenters. The molecule has 40 heavy (non-hydrogen) atoms. The Morgan fingerprint density at radius 2 is 0.500 bits per heavy atom. The molecule has 0 unspecified atom stereocenters. The van der Waals surface area contributed by atoms with Gasteiger partial charge >= 0.3 is 24.7 Å². The maximum atomic E-state index is 14.1. The molecule has 5 heterocycles. The standard InChI is InChI=1S/C24H12F12N4/c25-21(26,27)17-9-1-2-10(37-9)18(22(28,29)30)12-5-6-14(39-12)20(24(34,35)36)16-8-7-15(40-16)19(23(31,32)33)13-4-3-11(17)38-13/h1-8,37-40H. The van der Waals surface area contributed by atoms with E-state index in [0.717, 1.165) is 0 Å². The van der Waals surface area contributed by atoms with Gasteiger partial charge in [0.15, 0.2) is 0 Å². The molecule has 0 saturated carbocycles. The van der Waals surface area contributed by atoms with E-state index >= 15 is 0 Å². The van der Waals surface area contributed by atoms with Crippen LogP contribution in [0.5, 0.6) is 0 Å². The summed E-state index contributed by atoms with van der Waals surface area (Å²) < 4.78 is 169. The van der Waals surface area contributed by atoms with Gasteiger partial charge in [-0.3, -0.25) is 0 Å². The van der Waals surface area contributed by atoms with Gasteiger partial charge < -0.3 is 19.9 Å². The van der Waals surface area contributed by atoms with E-state index in [4.69, 9.17) is 0 Å². The molecule has 4 N–H and O–H groups in total. The molecule has 5 rings (SSSR count). The Hall–Kier alpha value is -4.24. The van der Waals surface area contributed by atoms with Crippen LogP contribution in [0.4, 0.5) is 52.7 Å². The second-order valence-corrected chi connectivity index (χ2v) is 8.63. The Morgan fingerprint density at radius 1 is 0.300 bits per heavy atom. The summed E-state index contributed by atoms with van der Waals surface area (Å²) in [6.45, 7) is 0. The van der Waals surface area contributed by atoms with E-state index in [0.29, 0.717) is 48.5 Å². The third kappa shape index (κ3) is 4.70. The number of hydrogen-bond donors (Lipinski definition) is 4. The van der Waals surface area contributed by atoms with Crippen molar-refractivity contribution in [3.8, 4) is 0 Å². The Labute approximate surface area is 213 Å². The number of H-pyrrole nitrogens is 4. The number of hydrogen-bond acceptors (Lipinski definition) is 0. The lowest BCUT2D eigenvalue weighted by atomic mass is 10.1. The van der Waals surface area contributed by atoms with Crippen molar-refractivity contribution in [2.75, 3.05) is 0 Å². The van der Waals surface area contributed by atoms with Crippen LogP contribution < -0.4 is 21.4 Å². The highest BCUT2D eigenvalue weighted by molar-refractivity contribution is 5.75. The fourth-order valence-electron chi connectivity index (χ4n) is 4.55. The van der Waals surface area contributed by atoms with Crippen molar-refractivity contribution in [3.63, 3.8) is 0 Å². The molecule has 4 aromatic rings. The molecular weight excluding hydrogens is 572 g/mol. The third-order valence-corrected chi connectivity index (χ3v) is 6.03. The lowest BCUT2D eigenvalue weighted by Gasteiger charge is -2.13. The summed E-state index contributed by atoms with van der Waals surface area (Å²) in [5, 5.41) is -3.74. The van der Waals surface area contributed by atoms with Crippen molar-refractivity contribution < 1.29 is 52.7 Å². The van der Waals surface area contributed by atoms with Crippen LogP contribution in [0.25, 0.3) is 22.3 Å². The average molecular weight is 584 g/mol. The number of rotatable bonds is 0. The first-order valence-electron chi connectivity index (χ1n) is 10.9. The summed E-state index contributed by atoms with van der Waals surface area (Å²) in [7, 11) is 0. The van der Waals surface area contributed by atoms with Crippen molar-refractivity contribution in [1.29, 1.82) is 0 Å². The number of nitrogens with one attached hydrogen (secondary N) is 4. The van der Waals surface area contributed by atoms with Gasteiger partial charge in [-0.2, -0.15) is 52.7 Å². The van der Waals surface area contributed by atoms with Gasteiger partial charge in [0.1, 0.15) is 22.3 Å². The summed E-state index contributed by atoms with van der Waals surface area (Å²) in [6.07, 6.45) is -21.0. The van der Waals surface area contributed by atoms with Crippen molar-refractivity contribution in [2.45, 2.75) is 24.7 Å². The van der Waals surface area contributed by atoms with Crippen LogP contribution in [0.3, 0.4) is 0 Å². The maximum absolute atomic E-state index is 14.1. The number of aromatic nitrogens is 4. The fraction of sp³-hybridized carbons (Fsp3) is 0.167. The Morgan fingerprint density at radius 3 is 0.675 bits per heavy atom. The zero-order valence-corrected chi connectivity index (χ0v) is 19.2. The van der Waals surface area contributed by atoms with E-state index in [1.807, 2.05) is 19.9 Å². The van der Waals surface area contributed by atoms with Gasteiger partial charge in [0.25, 0.3) is 0 Å². The monoisotopic (exact) mass is 584 g/mol. The van der Waals surface area contributed by atoms with Gasteiger partial charge in [0.2, 0.25) is 0 Å². The number of fused-ring (bicyclic) bond motifs is 8. The van der Waals surface area contributed by atoms with Gasteiger partial charge in [0.05, 0.1) is 44.2 Å². The predicted molar refractivity (Wildman–Crippen MR) is 116 cm³/mol. The average Bonchev–Trinajstić information content (AvgIpc) is 3.55.